The lowest BCUT2D eigenvalue weighted by Gasteiger charge is -2.23. The van der Waals surface area contributed by atoms with Crippen molar-refractivity contribution < 1.29 is 4.74 Å². The fourth-order valence-electron chi connectivity index (χ4n) is 2.96. The maximum Gasteiger partial charge on any atom is 0.167 e. The smallest absolute Gasteiger partial charge is 0.167 e. The van der Waals surface area contributed by atoms with Gasteiger partial charge < -0.3 is 15.4 Å². The first-order valence-corrected chi connectivity index (χ1v) is 8.90. The van der Waals surface area contributed by atoms with E-state index >= 15 is 0 Å². The summed E-state index contributed by atoms with van der Waals surface area (Å²) in [6, 6.07) is 19.0. The van der Waals surface area contributed by atoms with Crippen molar-refractivity contribution in [2.24, 2.45) is 0 Å². The molecule has 1 fully saturated rings. The van der Waals surface area contributed by atoms with Gasteiger partial charge in [0.1, 0.15) is 0 Å². The van der Waals surface area contributed by atoms with Gasteiger partial charge in [-0.05, 0) is 43.1 Å². The average Bonchev–Trinajstić information content (AvgIpc) is 3.13. The van der Waals surface area contributed by atoms with E-state index in [4.69, 9.17) is 17.0 Å². The van der Waals surface area contributed by atoms with E-state index in [1.807, 2.05) is 6.07 Å². The fourth-order valence-corrected chi connectivity index (χ4v) is 3.16. The SMILES string of the molecule is Cc1ccc([C@H](NC(=S)NC[C@@H]2CCCO2)c2ccccc2)cc1. The van der Waals surface area contributed by atoms with Gasteiger partial charge in [0.2, 0.25) is 0 Å². The molecule has 1 aliphatic rings. The maximum atomic E-state index is 5.64. The Hall–Kier alpha value is -1.91. The van der Waals surface area contributed by atoms with Crippen LogP contribution in [0.4, 0.5) is 0 Å². The Balaban J connectivity index is 1.70. The lowest BCUT2D eigenvalue weighted by Crippen LogP contribution is -2.41. The average molecular weight is 340 g/mol. The Morgan fingerprint density at radius 1 is 1.12 bits per heavy atom. The van der Waals surface area contributed by atoms with Gasteiger partial charge in [0.25, 0.3) is 0 Å². The molecular formula is C20H24N2OS. The molecule has 2 atom stereocenters. The second-order valence-electron chi connectivity index (χ2n) is 6.24. The van der Waals surface area contributed by atoms with Crippen molar-refractivity contribution in [3.05, 3.63) is 71.3 Å². The van der Waals surface area contributed by atoms with E-state index in [1.165, 1.54) is 16.7 Å². The molecule has 0 aliphatic carbocycles. The van der Waals surface area contributed by atoms with Gasteiger partial charge >= 0.3 is 0 Å². The third-order valence-electron chi connectivity index (χ3n) is 4.33. The normalized spacial score (nSPS) is 18.1. The van der Waals surface area contributed by atoms with E-state index in [0.717, 1.165) is 26.0 Å². The molecule has 2 aromatic rings. The molecule has 2 N–H and O–H groups in total. The monoisotopic (exact) mass is 340 g/mol. The third-order valence-corrected chi connectivity index (χ3v) is 4.60. The van der Waals surface area contributed by atoms with Crippen LogP contribution in [-0.2, 0) is 4.74 Å². The van der Waals surface area contributed by atoms with Gasteiger partial charge in [-0.15, -0.1) is 0 Å². The molecule has 4 heteroatoms. The first kappa shape index (κ1) is 16.9. The van der Waals surface area contributed by atoms with Crippen LogP contribution >= 0.6 is 12.2 Å². The van der Waals surface area contributed by atoms with Crippen LogP contribution in [0.2, 0.25) is 0 Å². The molecule has 1 saturated heterocycles. The highest BCUT2D eigenvalue weighted by Crippen LogP contribution is 2.22. The van der Waals surface area contributed by atoms with Crippen LogP contribution in [0.15, 0.2) is 54.6 Å². The minimum atomic E-state index is 0.0382. The van der Waals surface area contributed by atoms with Crippen LogP contribution in [0.5, 0.6) is 0 Å². The molecule has 0 amide bonds. The molecule has 0 bridgehead atoms. The molecule has 126 valence electrons. The summed E-state index contributed by atoms with van der Waals surface area (Å²) in [5, 5.41) is 7.43. The van der Waals surface area contributed by atoms with Gasteiger partial charge in [0.15, 0.2) is 5.11 Å². The van der Waals surface area contributed by atoms with Crippen molar-refractivity contribution in [1.82, 2.24) is 10.6 Å². The molecule has 1 aliphatic heterocycles. The summed E-state index contributed by atoms with van der Waals surface area (Å²) in [6.45, 7) is 3.73. The summed E-state index contributed by atoms with van der Waals surface area (Å²) >= 11 is 5.51. The van der Waals surface area contributed by atoms with Gasteiger partial charge in [-0.3, -0.25) is 0 Å². The highest BCUT2D eigenvalue weighted by Gasteiger charge is 2.18. The number of hydrogen-bond acceptors (Lipinski definition) is 2. The Bertz CT molecular complexity index is 651. The second-order valence-corrected chi connectivity index (χ2v) is 6.65. The van der Waals surface area contributed by atoms with Crippen molar-refractivity contribution in [3.63, 3.8) is 0 Å². The number of rotatable bonds is 5. The molecule has 0 radical (unpaired) electrons. The van der Waals surface area contributed by atoms with Crippen LogP contribution in [0, 0.1) is 6.92 Å². The van der Waals surface area contributed by atoms with Gasteiger partial charge in [-0.2, -0.15) is 0 Å². The second kappa shape index (κ2) is 8.27. The number of nitrogens with one attached hydrogen (secondary N) is 2. The number of ether oxygens (including phenoxy) is 1. The van der Waals surface area contributed by atoms with Crippen molar-refractivity contribution in [3.8, 4) is 0 Å². The van der Waals surface area contributed by atoms with Crippen molar-refractivity contribution in [2.45, 2.75) is 31.9 Å². The van der Waals surface area contributed by atoms with E-state index < -0.39 is 0 Å². The summed E-state index contributed by atoms with van der Waals surface area (Å²) < 4.78 is 5.64. The van der Waals surface area contributed by atoms with Crippen LogP contribution in [-0.4, -0.2) is 24.4 Å². The highest BCUT2D eigenvalue weighted by molar-refractivity contribution is 7.80. The minimum absolute atomic E-state index is 0.0382. The summed E-state index contributed by atoms with van der Waals surface area (Å²) in [5.41, 5.74) is 3.65. The number of benzene rings is 2. The van der Waals surface area contributed by atoms with Gasteiger partial charge in [0, 0.05) is 13.2 Å². The number of thiocarbonyl (C=S) groups is 1. The Kier molecular flexibility index (Phi) is 5.83. The standard InChI is InChI=1S/C20H24N2OS/c1-15-9-11-17(12-10-15)19(16-6-3-2-4-7-16)22-20(24)21-14-18-8-5-13-23-18/h2-4,6-7,9-12,18-19H,5,8,13-14H2,1H3,(H2,21,22,24)/t18-,19+/m0/s1. The lowest BCUT2D eigenvalue weighted by molar-refractivity contribution is 0.114. The van der Waals surface area contributed by atoms with Gasteiger partial charge in [0.05, 0.1) is 12.1 Å². The Morgan fingerprint density at radius 2 is 1.83 bits per heavy atom. The lowest BCUT2D eigenvalue weighted by atomic mass is 9.98. The van der Waals surface area contributed by atoms with Crippen LogP contribution < -0.4 is 10.6 Å². The van der Waals surface area contributed by atoms with E-state index in [9.17, 15) is 0 Å². The minimum Gasteiger partial charge on any atom is -0.376 e. The van der Waals surface area contributed by atoms with Crippen molar-refractivity contribution in [2.75, 3.05) is 13.2 Å². The largest absolute Gasteiger partial charge is 0.376 e. The summed E-state index contributed by atoms with van der Waals surface area (Å²) in [6.07, 6.45) is 2.53. The van der Waals surface area contributed by atoms with E-state index in [2.05, 4.69) is 66.1 Å². The zero-order valence-corrected chi connectivity index (χ0v) is 14.8. The molecular weight excluding hydrogens is 316 g/mol. The molecule has 0 spiro atoms. The molecule has 2 aromatic carbocycles. The first-order chi connectivity index (χ1) is 11.7. The fraction of sp³-hybridized carbons (Fsp3) is 0.350. The summed E-state index contributed by atoms with van der Waals surface area (Å²) in [4.78, 5) is 0. The number of hydrogen-bond donors (Lipinski definition) is 2. The number of aryl methyl sites for hydroxylation is 1. The maximum absolute atomic E-state index is 5.64. The third kappa shape index (κ3) is 4.56. The van der Waals surface area contributed by atoms with Gasteiger partial charge in [-0.1, -0.05) is 60.2 Å². The Morgan fingerprint density at radius 3 is 2.50 bits per heavy atom. The van der Waals surface area contributed by atoms with E-state index in [1.54, 1.807) is 0 Å². The molecule has 0 unspecified atom stereocenters. The summed E-state index contributed by atoms with van der Waals surface area (Å²) in [7, 11) is 0. The zero-order valence-electron chi connectivity index (χ0n) is 14.0. The molecule has 0 saturated carbocycles. The quantitative estimate of drug-likeness (QED) is 0.813. The summed E-state index contributed by atoms with van der Waals surface area (Å²) in [5.74, 6) is 0. The van der Waals surface area contributed by atoms with E-state index in [-0.39, 0.29) is 12.1 Å². The molecule has 1 heterocycles. The topological polar surface area (TPSA) is 33.3 Å². The van der Waals surface area contributed by atoms with Crippen LogP contribution in [0.3, 0.4) is 0 Å². The molecule has 3 nitrogen and oxygen atoms in total. The van der Waals surface area contributed by atoms with E-state index in [0.29, 0.717) is 5.11 Å². The predicted molar refractivity (Wildman–Crippen MR) is 102 cm³/mol. The molecule has 3 rings (SSSR count). The molecule has 24 heavy (non-hydrogen) atoms. The van der Waals surface area contributed by atoms with Gasteiger partial charge in [-0.25, -0.2) is 0 Å². The van der Waals surface area contributed by atoms with Crippen LogP contribution in [0.25, 0.3) is 0 Å². The van der Waals surface area contributed by atoms with Crippen LogP contribution in [0.1, 0.15) is 35.6 Å². The van der Waals surface area contributed by atoms with Crippen molar-refractivity contribution >= 4 is 17.3 Å². The molecule has 0 aromatic heterocycles. The zero-order chi connectivity index (χ0) is 16.8. The first-order valence-electron chi connectivity index (χ1n) is 8.50. The highest BCUT2D eigenvalue weighted by atomic mass is 32.1. The van der Waals surface area contributed by atoms with Crippen molar-refractivity contribution in [1.29, 1.82) is 0 Å². The Labute approximate surface area is 149 Å². The predicted octanol–water partition coefficient (Wildman–Crippen LogP) is 3.73.